The molecule has 1 aliphatic carbocycles. The Kier molecular flexibility index (Phi) is 10.1. The first-order chi connectivity index (χ1) is 33.1. The number of anilines is 3. The first kappa shape index (κ1) is 40.1. The molecule has 1 aromatic heterocycles. The fraction of sp³-hybridized carbons (Fsp3) is 0.0462. The van der Waals surface area contributed by atoms with Crippen molar-refractivity contribution in [3.05, 3.63) is 271 Å². The number of para-hydroxylation sites is 2. The normalized spacial score (nSPS) is 14.1. The van der Waals surface area contributed by atoms with Gasteiger partial charge in [0.15, 0.2) is 0 Å². The topological polar surface area (TPSA) is 8.17 Å². The Morgan fingerprint density at radius 3 is 1.24 bits per heavy atom. The van der Waals surface area contributed by atoms with Crippen molar-refractivity contribution in [2.75, 3.05) is 4.90 Å². The SMILES string of the molecule is C=Cc1ccc(-c2ccc(N(c3ccc(-c4ccc([C@H]5c6ccccc6-c6ccccc6C5C)cc4)cc3)c3ccc(-c4ccc(-n5c6ccccc6c6ccccc65)cc4)cc3)cc2)cc1. The minimum atomic E-state index is 0.297. The summed E-state index contributed by atoms with van der Waals surface area (Å²) in [6.07, 6.45) is 1.88. The molecule has 67 heavy (non-hydrogen) atoms. The highest BCUT2D eigenvalue weighted by molar-refractivity contribution is 6.09. The molecule has 0 saturated heterocycles. The summed E-state index contributed by atoms with van der Waals surface area (Å²) in [7, 11) is 0. The molecular weight excluding hydrogens is 809 g/mol. The van der Waals surface area contributed by atoms with Crippen molar-refractivity contribution in [3.8, 4) is 50.2 Å². The molecule has 2 atom stereocenters. The zero-order valence-electron chi connectivity index (χ0n) is 37.4. The molecule has 318 valence electrons. The van der Waals surface area contributed by atoms with Crippen molar-refractivity contribution < 1.29 is 0 Å². The standard InChI is InChI=1S/C65H48N2/c1-3-45-20-22-46(23-21-45)48-28-36-53(37-29-48)66(55-40-32-50(33-41-55)51-34-42-56(43-35-51)67-63-18-10-8-15-60(63)61-16-9-11-19-64(61)67)54-38-30-49(31-39-54)47-24-26-52(27-25-47)65-44(2)57-12-4-5-13-58(57)59-14-6-7-17-62(59)65/h3-44,65H,1H2,2H3/t44?,65-/m0/s1. The molecule has 0 bridgehead atoms. The number of aromatic nitrogens is 1. The summed E-state index contributed by atoms with van der Waals surface area (Å²) in [6, 6.07) is 88.9. The van der Waals surface area contributed by atoms with Crippen LogP contribution in [0.1, 0.15) is 41.0 Å². The zero-order chi connectivity index (χ0) is 44.8. The lowest BCUT2D eigenvalue weighted by Gasteiger charge is -2.34. The minimum Gasteiger partial charge on any atom is -0.311 e. The molecule has 0 fully saturated rings. The predicted octanol–water partition coefficient (Wildman–Crippen LogP) is 17.8. The molecule has 1 heterocycles. The van der Waals surface area contributed by atoms with Crippen molar-refractivity contribution in [2.24, 2.45) is 0 Å². The average Bonchev–Trinajstić information content (AvgIpc) is 3.74. The maximum Gasteiger partial charge on any atom is 0.0541 e. The van der Waals surface area contributed by atoms with Crippen molar-refractivity contribution >= 4 is 44.9 Å². The third-order valence-electron chi connectivity index (χ3n) is 14.0. The summed E-state index contributed by atoms with van der Waals surface area (Å²) in [5, 5.41) is 2.54. The highest BCUT2D eigenvalue weighted by Gasteiger charge is 2.31. The molecule has 11 aromatic rings. The van der Waals surface area contributed by atoms with E-state index in [1.807, 2.05) is 6.08 Å². The van der Waals surface area contributed by atoms with Crippen molar-refractivity contribution in [1.29, 1.82) is 0 Å². The highest BCUT2D eigenvalue weighted by Crippen LogP contribution is 2.50. The van der Waals surface area contributed by atoms with Gasteiger partial charge in [-0.25, -0.2) is 0 Å². The quantitative estimate of drug-likeness (QED) is 0.140. The van der Waals surface area contributed by atoms with Gasteiger partial charge < -0.3 is 9.47 Å². The van der Waals surface area contributed by atoms with E-state index >= 15 is 0 Å². The third-order valence-corrected chi connectivity index (χ3v) is 14.0. The van der Waals surface area contributed by atoms with Gasteiger partial charge in [-0.05, 0) is 133 Å². The zero-order valence-corrected chi connectivity index (χ0v) is 37.4. The van der Waals surface area contributed by atoms with Crippen LogP contribution in [0.4, 0.5) is 17.1 Å². The number of nitrogens with zero attached hydrogens (tertiary/aromatic N) is 2. The molecule has 0 amide bonds. The van der Waals surface area contributed by atoms with Crippen LogP contribution in [0.15, 0.2) is 249 Å². The van der Waals surface area contributed by atoms with Crippen LogP contribution in [-0.4, -0.2) is 4.57 Å². The van der Waals surface area contributed by atoms with Gasteiger partial charge in [0, 0.05) is 39.4 Å². The van der Waals surface area contributed by atoms with Crippen LogP contribution >= 0.6 is 0 Å². The molecule has 2 nitrogen and oxygen atoms in total. The number of fused-ring (bicyclic) bond motifs is 6. The smallest absolute Gasteiger partial charge is 0.0541 e. The second-order valence-corrected chi connectivity index (χ2v) is 17.8. The molecule has 0 aliphatic heterocycles. The van der Waals surface area contributed by atoms with Crippen molar-refractivity contribution in [1.82, 2.24) is 4.57 Å². The van der Waals surface area contributed by atoms with Crippen LogP contribution in [-0.2, 0) is 0 Å². The van der Waals surface area contributed by atoms with E-state index in [-0.39, 0.29) is 0 Å². The lowest BCUT2D eigenvalue weighted by atomic mass is 9.69. The molecule has 1 aliphatic rings. The number of hydrogen-bond donors (Lipinski definition) is 0. The van der Waals surface area contributed by atoms with Crippen LogP contribution < -0.4 is 4.90 Å². The Morgan fingerprint density at radius 2 is 0.761 bits per heavy atom. The van der Waals surface area contributed by atoms with Gasteiger partial charge >= 0.3 is 0 Å². The van der Waals surface area contributed by atoms with E-state index < -0.39 is 0 Å². The Labute approximate surface area is 393 Å². The van der Waals surface area contributed by atoms with Crippen LogP contribution in [0.2, 0.25) is 0 Å². The second-order valence-electron chi connectivity index (χ2n) is 17.8. The molecule has 2 heteroatoms. The summed E-state index contributed by atoms with van der Waals surface area (Å²) in [4.78, 5) is 2.35. The van der Waals surface area contributed by atoms with E-state index in [0.717, 1.165) is 28.3 Å². The van der Waals surface area contributed by atoms with Gasteiger partial charge in [0.1, 0.15) is 0 Å². The summed E-state index contributed by atoms with van der Waals surface area (Å²) >= 11 is 0. The molecule has 12 rings (SSSR count). The van der Waals surface area contributed by atoms with Crippen molar-refractivity contribution in [3.63, 3.8) is 0 Å². The minimum absolute atomic E-state index is 0.297. The number of hydrogen-bond acceptors (Lipinski definition) is 1. The number of benzene rings is 10. The van der Waals surface area contributed by atoms with Crippen LogP contribution in [0, 0.1) is 0 Å². The highest BCUT2D eigenvalue weighted by atomic mass is 15.1. The van der Waals surface area contributed by atoms with E-state index in [0.29, 0.717) is 11.8 Å². The molecule has 0 N–H and O–H groups in total. The molecule has 10 aromatic carbocycles. The van der Waals surface area contributed by atoms with Gasteiger partial charge in [-0.2, -0.15) is 0 Å². The van der Waals surface area contributed by atoms with Crippen LogP contribution in [0.25, 0.3) is 78.1 Å². The Morgan fingerprint density at radius 1 is 0.388 bits per heavy atom. The van der Waals surface area contributed by atoms with Gasteiger partial charge in [-0.3, -0.25) is 0 Å². The Bertz CT molecular complexity index is 3510. The van der Waals surface area contributed by atoms with E-state index in [1.54, 1.807) is 0 Å². The first-order valence-electron chi connectivity index (χ1n) is 23.3. The van der Waals surface area contributed by atoms with Crippen LogP contribution in [0.3, 0.4) is 0 Å². The fourth-order valence-corrected chi connectivity index (χ4v) is 10.6. The largest absolute Gasteiger partial charge is 0.311 e. The van der Waals surface area contributed by atoms with Gasteiger partial charge in [-0.1, -0.05) is 202 Å². The lowest BCUT2D eigenvalue weighted by Crippen LogP contribution is -2.16. The molecule has 0 spiro atoms. The lowest BCUT2D eigenvalue weighted by molar-refractivity contribution is 0.649. The summed E-state index contributed by atoms with van der Waals surface area (Å²) in [5.41, 5.74) is 22.0. The maximum absolute atomic E-state index is 3.93. The maximum atomic E-state index is 3.93. The monoisotopic (exact) mass is 856 g/mol. The predicted molar refractivity (Wildman–Crippen MR) is 284 cm³/mol. The Hall–Kier alpha value is -8.46. The van der Waals surface area contributed by atoms with Gasteiger partial charge in [0.25, 0.3) is 0 Å². The Balaban J connectivity index is 0.852. The second kappa shape index (κ2) is 16.8. The van der Waals surface area contributed by atoms with Gasteiger partial charge in [0.05, 0.1) is 11.0 Å². The summed E-state index contributed by atoms with van der Waals surface area (Å²) in [6.45, 7) is 6.31. The van der Waals surface area contributed by atoms with Gasteiger partial charge in [0.2, 0.25) is 0 Å². The molecular formula is C65H48N2. The van der Waals surface area contributed by atoms with E-state index in [9.17, 15) is 0 Å². The third kappa shape index (κ3) is 7.15. The summed E-state index contributed by atoms with van der Waals surface area (Å²) < 4.78 is 2.37. The summed E-state index contributed by atoms with van der Waals surface area (Å²) in [5.74, 6) is 0.673. The van der Waals surface area contributed by atoms with Gasteiger partial charge in [-0.15, -0.1) is 0 Å². The first-order valence-corrected chi connectivity index (χ1v) is 23.3. The van der Waals surface area contributed by atoms with Crippen molar-refractivity contribution in [2.45, 2.75) is 18.8 Å². The van der Waals surface area contributed by atoms with Crippen LogP contribution in [0.5, 0.6) is 0 Å². The van der Waals surface area contributed by atoms with E-state index in [4.69, 9.17) is 0 Å². The molecule has 0 radical (unpaired) electrons. The molecule has 1 unspecified atom stereocenters. The van der Waals surface area contributed by atoms with E-state index in [2.05, 4.69) is 266 Å². The van der Waals surface area contributed by atoms with E-state index in [1.165, 1.54) is 83.0 Å². The average molecular weight is 857 g/mol. The fourth-order valence-electron chi connectivity index (χ4n) is 10.6. The number of rotatable bonds is 9. The molecule has 0 saturated carbocycles.